The fraction of sp³-hybridized carbons (Fsp3) is 0.147. The van der Waals surface area contributed by atoms with Crippen molar-refractivity contribution in [3.63, 3.8) is 0 Å². The van der Waals surface area contributed by atoms with Gasteiger partial charge in [0.1, 0.15) is 0 Å². The zero-order valence-corrected chi connectivity index (χ0v) is 24.6. The molecule has 1 aromatic heterocycles. The van der Waals surface area contributed by atoms with Gasteiger partial charge in [-0.05, 0) is 60.5 Å². The summed E-state index contributed by atoms with van der Waals surface area (Å²) in [6.07, 6.45) is 2.53. The normalized spacial score (nSPS) is 12.0. The van der Waals surface area contributed by atoms with Crippen molar-refractivity contribution in [3.05, 3.63) is 124 Å². The Morgan fingerprint density at radius 1 is 0.857 bits per heavy atom. The van der Waals surface area contributed by atoms with Gasteiger partial charge in [-0.3, -0.25) is 9.59 Å². The number of amides is 2. The standard InChI is InChI=1S/C34H30N4O2S.ClH/c35-21-8-15-31-37-32-28-13-6-7-14-29(28)38(22-20-30(32)41-31)34(40)24-16-18-25(19-17-24)36-33(39)27-12-5-4-11-26(27)23-9-2-1-3-10-23;/h1-7,9-14,16-19H,8,15,20-22,35H2,(H,36,39);1H. The quantitative estimate of drug-likeness (QED) is 0.208. The minimum atomic E-state index is -0.200. The third-order valence-electron chi connectivity index (χ3n) is 7.24. The van der Waals surface area contributed by atoms with Crippen molar-refractivity contribution >= 4 is 46.9 Å². The number of nitrogens with one attached hydrogen (secondary N) is 1. The molecule has 0 radical (unpaired) electrons. The van der Waals surface area contributed by atoms with E-state index in [1.807, 2.05) is 83.8 Å². The lowest BCUT2D eigenvalue weighted by atomic mass is 9.99. The van der Waals surface area contributed by atoms with Gasteiger partial charge in [0.2, 0.25) is 0 Å². The molecule has 6 rings (SSSR count). The number of halogens is 1. The molecule has 212 valence electrons. The first-order valence-corrected chi connectivity index (χ1v) is 14.6. The number of rotatable bonds is 7. The SMILES string of the molecule is Cl.NCCCc1nc2c(s1)CCN(C(=O)c1ccc(NC(=O)c3ccccc3-c3ccccc3)cc1)c1ccccc1-2. The maximum Gasteiger partial charge on any atom is 0.258 e. The van der Waals surface area contributed by atoms with Gasteiger partial charge in [-0.15, -0.1) is 23.7 Å². The number of benzene rings is 4. The second kappa shape index (κ2) is 13.1. The molecule has 4 aromatic carbocycles. The first-order chi connectivity index (χ1) is 20.1. The van der Waals surface area contributed by atoms with Crippen LogP contribution in [0.1, 0.15) is 37.0 Å². The molecule has 8 heteroatoms. The summed E-state index contributed by atoms with van der Waals surface area (Å²) in [4.78, 5) is 35.0. The first-order valence-electron chi connectivity index (χ1n) is 13.8. The number of thiazole rings is 1. The summed E-state index contributed by atoms with van der Waals surface area (Å²) in [5.41, 5.74) is 12.1. The minimum Gasteiger partial charge on any atom is -0.330 e. The van der Waals surface area contributed by atoms with Crippen LogP contribution in [0.15, 0.2) is 103 Å². The van der Waals surface area contributed by atoms with E-state index in [1.54, 1.807) is 35.6 Å². The van der Waals surface area contributed by atoms with Gasteiger partial charge in [0.05, 0.1) is 16.4 Å². The van der Waals surface area contributed by atoms with Crippen molar-refractivity contribution in [1.29, 1.82) is 0 Å². The fourth-order valence-electron chi connectivity index (χ4n) is 5.20. The summed E-state index contributed by atoms with van der Waals surface area (Å²) < 4.78 is 0. The molecule has 5 aromatic rings. The number of anilines is 2. The maximum absolute atomic E-state index is 13.8. The Labute approximate surface area is 255 Å². The van der Waals surface area contributed by atoms with Gasteiger partial charge in [0.15, 0.2) is 0 Å². The molecule has 0 saturated heterocycles. The predicted molar refractivity (Wildman–Crippen MR) is 174 cm³/mol. The van der Waals surface area contributed by atoms with Crippen LogP contribution in [-0.4, -0.2) is 29.9 Å². The van der Waals surface area contributed by atoms with Crippen LogP contribution in [0, 0.1) is 0 Å². The highest BCUT2D eigenvalue weighted by Gasteiger charge is 2.27. The van der Waals surface area contributed by atoms with Gasteiger partial charge in [-0.25, -0.2) is 4.98 Å². The molecule has 1 aliphatic rings. The van der Waals surface area contributed by atoms with E-state index in [0.717, 1.165) is 52.3 Å². The van der Waals surface area contributed by atoms with Crippen LogP contribution >= 0.6 is 23.7 Å². The molecule has 0 atom stereocenters. The number of aromatic nitrogens is 1. The van der Waals surface area contributed by atoms with Crippen molar-refractivity contribution in [2.75, 3.05) is 23.3 Å². The Hall–Kier alpha value is -4.30. The summed E-state index contributed by atoms with van der Waals surface area (Å²) >= 11 is 1.72. The number of carbonyl (C=O) groups excluding carboxylic acids is 2. The molecule has 0 bridgehead atoms. The number of hydrogen-bond donors (Lipinski definition) is 2. The number of nitrogens with two attached hydrogens (primary N) is 1. The van der Waals surface area contributed by atoms with E-state index in [0.29, 0.717) is 29.9 Å². The zero-order chi connectivity index (χ0) is 28.2. The summed E-state index contributed by atoms with van der Waals surface area (Å²) in [6, 6.07) is 32.5. The molecule has 0 spiro atoms. The van der Waals surface area contributed by atoms with Crippen molar-refractivity contribution in [2.24, 2.45) is 5.73 Å². The van der Waals surface area contributed by atoms with E-state index < -0.39 is 0 Å². The monoisotopic (exact) mass is 594 g/mol. The van der Waals surface area contributed by atoms with Crippen molar-refractivity contribution in [3.8, 4) is 22.4 Å². The summed E-state index contributed by atoms with van der Waals surface area (Å²) in [5, 5.41) is 4.09. The Morgan fingerprint density at radius 2 is 1.55 bits per heavy atom. The molecule has 0 saturated carbocycles. The lowest BCUT2D eigenvalue weighted by molar-refractivity contribution is 0.0986. The average molecular weight is 595 g/mol. The van der Waals surface area contributed by atoms with Gasteiger partial charge < -0.3 is 16.0 Å². The van der Waals surface area contributed by atoms with E-state index in [2.05, 4.69) is 5.32 Å². The zero-order valence-electron chi connectivity index (χ0n) is 23.0. The average Bonchev–Trinajstić information content (AvgIpc) is 3.37. The molecule has 6 nitrogen and oxygen atoms in total. The molecule has 0 unspecified atom stereocenters. The van der Waals surface area contributed by atoms with Crippen LogP contribution in [0.2, 0.25) is 0 Å². The number of fused-ring (bicyclic) bond motifs is 3. The number of para-hydroxylation sites is 1. The van der Waals surface area contributed by atoms with Gasteiger partial charge in [0.25, 0.3) is 11.8 Å². The lowest BCUT2D eigenvalue weighted by Crippen LogP contribution is -2.32. The second-order valence-corrected chi connectivity index (χ2v) is 11.1. The van der Waals surface area contributed by atoms with Gasteiger partial charge in [0, 0.05) is 46.6 Å². The molecule has 1 aliphatic heterocycles. The van der Waals surface area contributed by atoms with E-state index in [4.69, 9.17) is 10.7 Å². The van der Waals surface area contributed by atoms with Crippen molar-refractivity contribution < 1.29 is 9.59 Å². The highest BCUT2D eigenvalue weighted by Crippen LogP contribution is 2.39. The van der Waals surface area contributed by atoms with Crippen LogP contribution in [0.25, 0.3) is 22.4 Å². The highest BCUT2D eigenvalue weighted by atomic mass is 35.5. The number of hydrogen-bond acceptors (Lipinski definition) is 5. The smallest absolute Gasteiger partial charge is 0.258 e. The van der Waals surface area contributed by atoms with Crippen LogP contribution in [-0.2, 0) is 12.8 Å². The Morgan fingerprint density at radius 3 is 2.31 bits per heavy atom. The third-order valence-corrected chi connectivity index (χ3v) is 8.42. The van der Waals surface area contributed by atoms with Gasteiger partial charge in [-0.2, -0.15) is 0 Å². The molecule has 42 heavy (non-hydrogen) atoms. The Bertz CT molecular complexity index is 1700. The Balaban J connectivity index is 0.00000353. The van der Waals surface area contributed by atoms with Gasteiger partial charge in [-0.1, -0.05) is 66.7 Å². The van der Waals surface area contributed by atoms with Crippen molar-refractivity contribution in [2.45, 2.75) is 19.3 Å². The molecule has 2 heterocycles. The van der Waals surface area contributed by atoms with Crippen molar-refractivity contribution in [1.82, 2.24) is 4.98 Å². The molecule has 0 aliphatic carbocycles. The van der Waals surface area contributed by atoms with E-state index >= 15 is 0 Å². The van der Waals surface area contributed by atoms with Crippen LogP contribution < -0.4 is 16.0 Å². The molecule has 2 amide bonds. The number of aryl methyl sites for hydroxylation is 1. The summed E-state index contributed by atoms with van der Waals surface area (Å²) in [6.45, 7) is 1.21. The first kappa shape index (κ1) is 29.2. The lowest BCUT2D eigenvalue weighted by Gasteiger charge is -2.23. The van der Waals surface area contributed by atoms with E-state index in [1.165, 1.54) is 4.88 Å². The minimum absolute atomic E-state index is 0. The second-order valence-electron chi connectivity index (χ2n) is 9.94. The molecule has 3 N–H and O–H groups in total. The molecule has 0 fully saturated rings. The van der Waals surface area contributed by atoms with E-state index in [-0.39, 0.29) is 24.2 Å². The molecular weight excluding hydrogens is 564 g/mol. The van der Waals surface area contributed by atoms with E-state index in [9.17, 15) is 9.59 Å². The molecular formula is C34H31ClN4O2S. The highest BCUT2D eigenvalue weighted by molar-refractivity contribution is 7.12. The van der Waals surface area contributed by atoms with Crippen LogP contribution in [0.3, 0.4) is 0 Å². The number of carbonyl (C=O) groups is 2. The Kier molecular flexibility index (Phi) is 9.12. The van der Waals surface area contributed by atoms with Gasteiger partial charge >= 0.3 is 0 Å². The maximum atomic E-state index is 13.8. The predicted octanol–water partition coefficient (Wildman–Crippen LogP) is 7.25. The third kappa shape index (κ3) is 5.99. The van der Waals surface area contributed by atoms with Crippen LogP contribution in [0.5, 0.6) is 0 Å². The van der Waals surface area contributed by atoms with Crippen LogP contribution in [0.4, 0.5) is 11.4 Å². The summed E-state index contributed by atoms with van der Waals surface area (Å²) in [7, 11) is 0. The number of nitrogens with zero attached hydrogens (tertiary/aromatic N) is 2. The topological polar surface area (TPSA) is 88.3 Å². The fourth-order valence-corrected chi connectivity index (χ4v) is 6.31. The summed E-state index contributed by atoms with van der Waals surface area (Å²) in [5.74, 6) is -0.280. The largest absolute Gasteiger partial charge is 0.330 e.